The molecular weight excluding hydrogens is 556 g/mol. The lowest BCUT2D eigenvalue weighted by Crippen LogP contribution is -2.66. The Bertz CT molecular complexity index is 1380. The van der Waals surface area contributed by atoms with Crippen LogP contribution >= 0.6 is 0 Å². The summed E-state index contributed by atoms with van der Waals surface area (Å²) in [5.74, 6) is -1.65. The monoisotopic (exact) mass is 593 g/mol. The summed E-state index contributed by atoms with van der Waals surface area (Å²) < 4.78 is 42.0. The van der Waals surface area contributed by atoms with E-state index in [4.69, 9.17) is 9.47 Å². The van der Waals surface area contributed by atoms with Crippen molar-refractivity contribution in [3.63, 3.8) is 0 Å². The van der Waals surface area contributed by atoms with Gasteiger partial charge in [-0.1, -0.05) is 44.2 Å². The van der Waals surface area contributed by atoms with E-state index < -0.39 is 35.9 Å². The van der Waals surface area contributed by atoms with Gasteiger partial charge >= 0.3 is 0 Å². The second-order valence-corrected chi connectivity index (χ2v) is 11.3. The van der Waals surface area contributed by atoms with Gasteiger partial charge in [-0.05, 0) is 30.7 Å². The molecule has 1 N–H and O–H groups in total. The zero-order valence-corrected chi connectivity index (χ0v) is 24.6. The number of hydrogen-bond acceptors (Lipinski definition) is 7. The third-order valence-electron chi connectivity index (χ3n) is 7.90. The van der Waals surface area contributed by atoms with Crippen LogP contribution in [-0.2, 0) is 25.6 Å². The average Bonchev–Trinajstić information content (AvgIpc) is 3.02. The van der Waals surface area contributed by atoms with Crippen molar-refractivity contribution in [3.8, 4) is 11.4 Å². The summed E-state index contributed by atoms with van der Waals surface area (Å²) in [5, 5.41) is 2.98. The largest absolute Gasteiger partial charge is 0.376 e. The maximum absolute atomic E-state index is 15.2. The Morgan fingerprint density at radius 2 is 1.70 bits per heavy atom. The van der Waals surface area contributed by atoms with E-state index in [-0.39, 0.29) is 49.6 Å². The highest BCUT2D eigenvalue weighted by Gasteiger charge is 2.45. The van der Waals surface area contributed by atoms with Crippen LogP contribution in [-0.4, -0.2) is 82.7 Å². The van der Waals surface area contributed by atoms with Gasteiger partial charge in [0.2, 0.25) is 11.8 Å². The standard InChI is InChI=1S/C32H37F2N5O4/c1-20(2)32(41)39-21(3)17-38(29(27-19-42-14-15-43-27)28-24(33)6-4-7-25(28)34)18-26(39)31(40)37-16-22-8-10-23(11-9-22)30-35-12-5-13-36-30/h4-13,20-21,26-27,29H,14-19H2,1-3H3,(H,37,40)/t21-,26-,27?,29-/m1/s1. The van der Waals surface area contributed by atoms with Gasteiger partial charge in [0, 0.05) is 55.1 Å². The van der Waals surface area contributed by atoms with Gasteiger partial charge in [-0.2, -0.15) is 0 Å². The van der Waals surface area contributed by atoms with Crippen LogP contribution in [0.3, 0.4) is 0 Å². The molecule has 228 valence electrons. The molecule has 1 aromatic heterocycles. The number of carbonyl (C=O) groups is 2. The van der Waals surface area contributed by atoms with E-state index in [0.29, 0.717) is 19.0 Å². The number of carbonyl (C=O) groups excluding carboxylic acids is 2. The number of hydrogen-bond donors (Lipinski definition) is 1. The fraction of sp³-hybridized carbons (Fsp3) is 0.438. The summed E-state index contributed by atoms with van der Waals surface area (Å²) in [6, 6.07) is 10.9. The lowest BCUT2D eigenvalue weighted by atomic mass is 9.94. The minimum absolute atomic E-state index is 0.0667. The van der Waals surface area contributed by atoms with Gasteiger partial charge in [-0.3, -0.25) is 14.5 Å². The molecule has 0 saturated carbocycles. The van der Waals surface area contributed by atoms with Crippen LogP contribution in [0.4, 0.5) is 8.78 Å². The molecule has 2 aliphatic heterocycles. The van der Waals surface area contributed by atoms with Gasteiger partial charge in [0.25, 0.3) is 0 Å². The molecule has 1 unspecified atom stereocenters. The fourth-order valence-corrected chi connectivity index (χ4v) is 5.84. The smallest absolute Gasteiger partial charge is 0.244 e. The summed E-state index contributed by atoms with van der Waals surface area (Å²) in [4.78, 5) is 39.2. The van der Waals surface area contributed by atoms with E-state index in [0.717, 1.165) is 11.1 Å². The van der Waals surface area contributed by atoms with E-state index in [1.54, 1.807) is 37.2 Å². The molecule has 2 amide bonds. The van der Waals surface area contributed by atoms with Crippen molar-refractivity contribution < 1.29 is 27.8 Å². The van der Waals surface area contributed by atoms with Gasteiger partial charge in [0.1, 0.15) is 23.8 Å². The van der Waals surface area contributed by atoms with E-state index in [1.807, 2.05) is 36.1 Å². The van der Waals surface area contributed by atoms with E-state index in [2.05, 4.69) is 15.3 Å². The molecule has 9 nitrogen and oxygen atoms in total. The topological polar surface area (TPSA) is 96.9 Å². The van der Waals surface area contributed by atoms with Crippen molar-refractivity contribution in [2.75, 3.05) is 32.9 Å². The van der Waals surface area contributed by atoms with Gasteiger partial charge in [-0.25, -0.2) is 18.7 Å². The van der Waals surface area contributed by atoms with Crippen molar-refractivity contribution in [1.29, 1.82) is 0 Å². The van der Waals surface area contributed by atoms with Crippen LogP contribution in [0, 0.1) is 17.6 Å². The summed E-state index contributed by atoms with van der Waals surface area (Å²) in [6.07, 6.45) is 2.69. The molecule has 11 heteroatoms. The fourth-order valence-electron chi connectivity index (χ4n) is 5.84. The lowest BCUT2D eigenvalue weighted by Gasteiger charge is -2.49. The molecule has 4 atom stereocenters. The summed E-state index contributed by atoms with van der Waals surface area (Å²) in [6.45, 7) is 6.86. The number of rotatable bonds is 8. The lowest BCUT2D eigenvalue weighted by molar-refractivity contribution is -0.157. The first-order valence-electron chi connectivity index (χ1n) is 14.6. The van der Waals surface area contributed by atoms with Crippen molar-refractivity contribution in [2.45, 2.75) is 51.5 Å². The summed E-state index contributed by atoms with van der Waals surface area (Å²) >= 11 is 0. The molecule has 0 radical (unpaired) electrons. The second-order valence-electron chi connectivity index (χ2n) is 11.3. The molecule has 2 aliphatic rings. The molecule has 0 bridgehead atoms. The number of ether oxygens (including phenoxy) is 2. The molecule has 0 aliphatic carbocycles. The number of amides is 2. The van der Waals surface area contributed by atoms with Crippen LogP contribution in [0.5, 0.6) is 0 Å². The van der Waals surface area contributed by atoms with E-state index >= 15 is 8.78 Å². The van der Waals surface area contributed by atoms with Crippen LogP contribution in [0.15, 0.2) is 60.9 Å². The molecule has 3 aromatic rings. The first-order chi connectivity index (χ1) is 20.7. The summed E-state index contributed by atoms with van der Waals surface area (Å²) in [5.41, 5.74) is 1.58. The highest BCUT2D eigenvalue weighted by Crippen LogP contribution is 2.35. The SMILES string of the molecule is CC(C)C(=O)N1[C@H](C)CN([C@@H](c2c(F)cccc2F)C2COCCO2)C[C@@H]1C(=O)NCc1ccc(-c2ncccn2)cc1. The van der Waals surface area contributed by atoms with Gasteiger partial charge in [0.15, 0.2) is 5.82 Å². The number of benzene rings is 2. The highest BCUT2D eigenvalue weighted by molar-refractivity contribution is 5.89. The molecule has 0 spiro atoms. The molecule has 43 heavy (non-hydrogen) atoms. The molecule has 2 aromatic carbocycles. The van der Waals surface area contributed by atoms with Crippen LogP contribution in [0.2, 0.25) is 0 Å². The van der Waals surface area contributed by atoms with Crippen molar-refractivity contribution in [3.05, 3.63) is 83.7 Å². The Morgan fingerprint density at radius 3 is 2.33 bits per heavy atom. The zero-order chi connectivity index (χ0) is 30.5. The Morgan fingerprint density at radius 1 is 1.00 bits per heavy atom. The van der Waals surface area contributed by atoms with Gasteiger partial charge < -0.3 is 19.7 Å². The zero-order valence-electron chi connectivity index (χ0n) is 24.6. The van der Waals surface area contributed by atoms with Crippen molar-refractivity contribution in [1.82, 2.24) is 25.1 Å². The average molecular weight is 594 g/mol. The maximum Gasteiger partial charge on any atom is 0.244 e. The first kappa shape index (κ1) is 30.7. The maximum atomic E-state index is 15.2. The Balaban J connectivity index is 1.40. The van der Waals surface area contributed by atoms with Crippen molar-refractivity contribution >= 4 is 11.8 Å². The Hall–Kier alpha value is -3.80. The number of piperazine rings is 1. The Kier molecular flexibility index (Phi) is 9.74. The highest BCUT2D eigenvalue weighted by atomic mass is 19.1. The van der Waals surface area contributed by atoms with Gasteiger partial charge in [-0.15, -0.1) is 0 Å². The van der Waals surface area contributed by atoms with Gasteiger partial charge in [0.05, 0.1) is 25.9 Å². The van der Waals surface area contributed by atoms with E-state index in [9.17, 15) is 9.59 Å². The predicted molar refractivity (Wildman–Crippen MR) is 155 cm³/mol. The third-order valence-corrected chi connectivity index (χ3v) is 7.90. The molecule has 5 rings (SSSR count). The predicted octanol–water partition coefficient (Wildman–Crippen LogP) is 3.75. The van der Waals surface area contributed by atoms with Crippen LogP contribution in [0.1, 0.15) is 37.9 Å². The van der Waals surface area contributed by atoms with Crippen molar-refractivity contribution in [2.24, 2.45) is 5.92 Å². The molecular formula is C32H37F2N5O4. The molecule has 2 saturated heterocycles. The summed E-state index contributed by atoms with van der Waals surface area (Å²) in [7, 11) is 0. The molecule has 3 heterocycles. The second kappa shape index (κ2) is 13.7. The van der Waals surface area contributed by atoms with Crippen LogP contribution < -0.4 is 5.32 Å². The quantitative estimate of drug-likeness (QED) is 0.425. The first-order valence-corrected chi connectivity index (χ1v) is 14.6. The number of nitrogens with zero attached hydrogens (tertiary/aromatic N) is 4. The number of aromatic nitrogens is 2. The number of halogens is 2. The molecule has 2 fully saturated rings. The normalized spacial score (nSPS) is 21.9. The Labute approximate surface area is 250 Å². The minimum atomic E-state index is -0.891. The van der Waals surface area contributed by atoms with E-state index in [1.165, 1.54) is 18.2 Å². The number of nitrogens with one attached hydrogen (secondary N) is 1. The minimum Gasteiger partial charge on any atom is -0.376 e. The van der Waals surface area contributed by atoms with Crippen LogP contribution in [0.25, 0.3) is 11.4 Å². The third kappa shape index (κ3) is 6.90.